The van der Waals surface area contributed by atoms with Crippen molar-refractivity contribution < 1.29 is 9.53 Å². The molecule has 0 atom stereocenters. The highest BCUT2D eigenvalue weighted by molar-refractivity contribution is 6.33. The first-order valence-electron chi connectivity index (χ1n) is 9.19. The molecule has 0 unspecified atom stereocenters. The fraction of sp³-hybridized carbons (Fsp3) is 0.667. The summed E-state index contributed by atoms with van der Waals surface area (Å²) < 4.78 is 5.30. The Labute approximate surface area is 154 Å². The second-order valence-electron chi connectivity index (χ2n) is 6.62. The minimum absolute atomic E-state index is 0.0192. The number of anilines is 1. The van der Waals surface area contributed by atoms with E-state index < -0.39 is 0 Å². The van der Waals surface area contributed by atoms with Gasteiger partial charge in [0.1, 0.15) is 5.82 Å². The van der Waals surface area contributed by atoms with Crippen LogP contribution in [0.1, 0.15) is 30.1 Å². The summed E-state index contributed by atoms with van der Waals surface area (Å²) in [7, 11) is 0. The Balaban J connectivity index is 1.68. The number of ether oxygens (including phenoxy) is 1. The molecule has 25 heavy (non-hydrogen) atoms. The zero-order chi connectivity index (χ0) is 17.6. The molecule has 1 aromatic rings. The maximum atomic E-state index is 12.6. The standard InChI is InChI=1S/C18H27ClN4O2/c1-2-4-21-5-3-6-22(8-7-21)17-16(19)13-15(14-20-17)18(24)23-9-11-25-12-10-23/h13-14H,2-12H2,1H3. The van der Waals surface area contributed by atoms with Crippen molar-refractivity contribution >= 4 is 23.3 Å². The SMILES string of the molecule is CCCN1CCCN(c2ncc(C(=O)N3CCOCC3)cc2Cl)CC1. The molecular formula is C18H27ClN4O2. The summed E-state index contributed by atoms with van der Waals surface area (Å²) in [5, 5.41) is 0.558. The van der Waals surface area contributed by atoms with Gasteiger partial charge in [-0.25, -0.2) is 4.98 Å². The largest absolute Gasteiger partial charge is 0.378 e. The van der Waals surface area contributed by atoms with Crippen LogP contribution in [0.25, 0.3) is 0 Å². The molecule has 0 saturated carbocycles. The van der Waals surface area contributed by atoms with Gasteiger partial charge in [0, 0.05) is 38.9 Å². The van der Waals surface area contributed by atoms with Gasteiger partial charge < -0.3 is 19.4 Å². The van der Waals surface area contributed by atoms with E-state index in [2.05, 4.69) is 21.7 Å². The lowest BCUT2D eigenvalue weighted by Crippen LogP contribution is -2.40. The predicted octanol–water partition coefficient (Wildman–Crippen LogP) is 2.13. The molecule has 2 fully saturated rings. The molecule has 0 aromatic carbocycles. The first-order valence-corrected chi connectivity index (χ1v) is 9.56. The van der Waals surface area contributed by atoms with Gasteiger partial charge in [-0.2, -0.15) is 0 Å². The Kier molecular flexibility index (Phi) is 6.51. The molecule has 0 N–H and O–H groups in total. The normalized spacial score (nSPS) is 19.8. The highest BCUT2D eigenvalue weighted by atomic mass is 35.5. The highest BCUT2D eigenvalue weighted by Gasteiger charge is 2.22. The van der Waals surface area contributed by atoms with Crippen molar-refractivity contribution in [3.8, 4) is 0 Å². The third-order valence-electron chi connectivity index (χ3n) is 4.79. The molecule has 1 aromatic heterocycles. The molecule has 0 bridgehead atoms. The molecule has 6 nitrogen and oxygen atoms in total. The van der Waals surface area contributed by atoms with E-state index in [9.17, 15) is 4.79 Å². The highest BCUT2D eigenvalue weighted by Crippen LogP contribution is 2.26. The molecule has 3 heterocycles. The van der Waals surface area contributed by atoms with Gasteiger partial charge in [0.15, 0.2) is 0 Å². The van der Waals surface area contributed by atoms with Gasteiger partial charge in [0.2, 0.25) is 0 Å². The van der Waals surface area contributed by atoms with Crippen LogP contribution in [0.3, 0.4) is 0 Å². The third kappa shape index (κ3) is 4.63. The third-order valence-corrected chi connectivity index (χ3v) is 5.07. The van der Waals surface area contributed by atoms with Crippen LogP contribution in [-0.2, 0) is 4.74 Å². The van der Waals surface area contributed by atoms with E-state index in [1.807, 2.05) is 0 Å². The lowest BCUT2D eigenvalue weighted by atomic mass is 10.2. The van der Waals surface area contributed by atoms with Crippen LogP contribution in [-0.4, -0.2) is 79.7 Å². The summed E-state index contributed by atoms with van der Waals surface area (Å²) in [6, 6.07) is 1.76. The van der Waals surface area contributed by atoms with Crippen molar-refractivity contribution in [1.29, 1.82) is 0 Å². The molecule has 0 spiro atoms. The summed E-state index contributed by atoms with van der Waals surface area (Å²) in [4.78, 5) is 23.6. The van der Waals surface area contributed by atoms with Gasteiger partial charge in [-0.1, -0.05) is 18.5 Å². The second-order valence-corrected chi connectivity index (χ2v) is 7.02. The monoisotopic (exact) mass is 366 g/mol. The molecule has 138 valence electrons. The fourth-order valence-corrected chi connectivity index (χ4v) is 3.74. The molecule has 2 aliphatic rings. The number of rotatable bonds is 4. The Hall–Kier alpha value is -1.37. The molecule has 1 amide bonds. The number of hydrogen-bond acceptors (Lipinski definition) is 5. The number of pyridine rings is 1. The quantitative estimate of drug-likeness (QED) is 0.817. The van der Waals surface area contributed by atoms with Crippen molar-refractivity contribution in [1.82, 2.24) is 14.8 Å². The predicted molar refractivity (Wildman–Crippen MR) is 99.5 cm³/mol. The van der Waals surface area contributed by atoms with Crippen LogP contribution >= 0.6 is 11.6 Å². The maximum Gasteiger partial charge on any atom is 0.255 e. The van der Waals surface area contributed by atoms with Crippen molar-refractivity contribution in [3.05, 3.63) is 22.8 Å². The summed E-state index contributed by atoms with van der Waals surface area (Å²) in [6.45, 7) is 9.80. The molecule has 7 heteroatoms. The van der Waals surface area contributed by atoms with Crippen LogP contribution in [0.2, 0.25) is 5.02 Å². The number of carbonyl (C=O) groups is 1. The second kappa shape index (κ2) is 8.83. The zero-order valence-electron chi connectivity index (χ0n) is 14.9. The molecule has 2 aliphatic heterocycles. The van der Waals surface area contributed by atoms with Crippen LogP contribution in [0.5, 0.6) is 0 Å². The van der Waals surface area contributed by atoms with Crippen LogP contribution < -0.4 is 4.90 Å². The smallest absolute Gasteiger partial charge is 0.255 e. The minimum atomic E-state index is -0.0192. The minimum Gasteiger partial charge on any atom is -0.378 e. The lowest BCUT2D eigenvalue weighted by molar-refractivity contribution is 0.0302. The lowest BCUT2D eigenvalue weighted by Gasteiger charge is -2.27. The molecule has 0 radical (unpaired) electrons. The van der Waals surface area contributed by atoms with E-state index in [0.29, 0.717) is 36.9 Å². The maximum absolute atomic E-state index is 12.6. The molecule has 2 saturated heterocycles. The van der Waals surface area contributed by atoms with Gasteiger partial charge in [-0.05, 0) is 32.0 Å². The zero-order valence-corrected chi connectivity index (χ0v) is 15.7. The number of nitrogens with zero attached hydrogens (tertiary/aromatic N) is 4. The van der Waals surface area contributed by atoms with Crippen LogP contribution in [0.4, 0.5) is 5.82 Å². The summed E-state index contributed by atoms with van der Waals surface area (Å²) in [6.07, 6.45) is 3.94. The number of aromatic nitrogens is 1. The van der Waals surface area contributed by atoms with Gasteiger partial charge in [-0.15, -0.1) is 0 Å². The van der Waals surface area contributed by atoms with E-state index >= 15 is 0 Å². The van der Waals surface area contributed by atoms with Crippen molar-refractivity contribution in [2.75, 3.05) is 63.9 Å². The van der Waals surface area contributed by atoms with Crippen molar-refractivity contribution in [2.45, 2.75) is 19.8 Å². The van der Waals surface area contributed by atoms with Crippen LogP contribution in [0.15, 0.2) is 12.3 Å². The van der Waals surface area contributed by atoms with E-state index in [1.54, 1.807) is 17.2 Å². The van der Waals surface area contributed by atoms with E-state index in [-0.39, 0.29) is 5.91 Å². The van der Waals surface area contributed by atoms with Gasteiger partial charge in [0.05, 0.1) is 23.8 Å². The Morgan fingerprint density at radius 2 is 2.00 bits per heavy atom. The van der Waals surface area contributed by atoms with Crippen LogP contribution in [0, 0.1) is 0 Å². The molecule has 0 aliphatic carbocycles. The number of carbonyl (C=O) groups excluding carboxylic acids is 1. The summed E-state index contributed by atoms with van der Waals surface area (Å²) >= 11 is 6.48. The van der Waals surface area contributed by atoms with Gasteiger partial charge in [-0.3, -0.25) is 4.79 Å². The van der Waals surface area contributed by atoms with E-state index in [4.69, 9.17) is 16.3 Å². The average molecular weight is 367 g/mol. The number of amides is 1. The summed E-state index contributed by atoms with van der Waals surface area (Å²) in [5.74, 6) is 0.771. The first-order chi connectivity index (χ1) is 12.2. The van der Waals surface area contributed by atoms with E-state index in [0.717, 1.165) is 45.0 Å². The Morgan fingerprint density at radius 3 is 2.72 bits per heavy atom. The Morgan fingerprint density at radius 1 is 1.20 bits per heavy atom. The molecular weight excluding hydrogens is 340 g/mol. The topological polar surface area (TPSA) is 48.9 Å². The van der Waals surface area contributed by atoms with Gasteiger partial charge in [0.25, 0.3) is 5.91 Å². The van der Waals surface area contributed by atoms with Crippen molar-refractivity contribution in [3.63, 3.8) is 0 Å². The summed E-state index contributed by atoms with van der Waals surface area (Å²) in [5.41, 5.74) is 0.554. The van der Waals surface area contributed by atoms with E-state index in [1.165, 1.54) is 6.42 Å². The Bertz CT molecular complexity index is 592. The number of halogens is 1. The fourth-order valence-electron chi connectivity index (χ4n) is 3.45. The number of hydrogen-bond donors (Lipinski definition) is 0. The number of morpholine rings is 1. The van der Waals surface area contributed by atoms with Crippen molar-refractivity contribution in [2.24, 2.45) is 0 Å². The molecule has 3 rings (SSSR count). The average Bonchev–Trinajstić information content (AvgIpc) is 2.88. The van der Waals surface area contributed by atoms with Gasteiger partial charge >= 0.3 is 0 Å². The first kappa shape index (κ1) is 18.4.